The number of carbonyl (C=O) groups is 1. The van der Waals surface area contributed by atoms with Gasteiger partial charge in [0.15, 0.2) is 0 Å². The van der Waals surface area contributed by atoms with E-state index >= 15 is 0 Å². The van der Waals surface area contributed by atoms with E-state index in [1.807, 2.05) is 13.0 Å². The molecule has 1 saturated heterocycles. The van der Waals surface area contributed by atoms with Crippen molar-refractivity contribution in [3.8, 4) is 0 Å². The molecule has 22 heavy (non-hydrogen) atoms. The maximum atomic E-state index is 11.9. The molecule has 0 atom stereocenters. The van der Waals surface area contributed by atoms with E-state index in [9.17, 15) is 4.79 Å². The molecule has 116 valence electrons. The molecular formula is C15H20N6O. The predicted octanol–water partition coefficient (Wildman–Crippen LogP) is 0.898. The summed E-state index contributed by atoms with van der Waals surface area (Å²) in [5.74, 6) is 0.691. The smallest absolute Gasteiger partial charge is 0.242 e. The number of hydrogen-bond donors (Lipinski definition) is 1. The zero-order valence-electron chi connectivity index (χ0n) is 12.7. The Morgan fingerprint density at radius 2 is 2.14 bits per heavy atom. The molecule has 0 bridgehead atoms. The lowest BCUT2D eigenvalue weighted by Gasteiger charge is -2.16. The molecule has 0 saturated carbocycles. The van der Waals surface area contributed by atoms with Crippen LogP contribution in [0.3, 0.4) is 0 Å². The zero-order chi connectivity index (χ0) is 15.4. The largest absolute Gasteiger partial charge is 0.349 e. The van der Waals surface area contributed by atoms with Gasteiger partial charge in [0, 0.05) is 31.2 Å². The van der Waals surface area contributed by atoms with Gasteiger partial charge in [-0.3, -0.25) is 9.48 Å². The number of nitrogens with zero attached hydrogens (tertiary/aromatic N) is 5. The molecule has 0 unspecified atom stereocenters. The quantitative estimate of drug-likeness (QED) is 0.888. The number of amides is 1. The lowest BCUT2D eigenvalue weighted by Crippen LogP contribution is -2.28. The standard InChI is InChI=1S/C15H20N6O/c1-12-9-13(19-15(18-12)20-6-2-3-7-20)10-16-14(22)11-21-8-4-5-17-21/h4-5,8-9H,2-3,6-7,10-11H2,1H3,(H,16,22). The number of rotatable bonds is 5. The van der Waals surface area contributed by atoms with Crippen LogP contribution in [0.15, 0.2) is 24.5 Å². The average molecular weight is 300 g/mol. The SMILES string of the molecule is Cc1cc(CNC(=O)Cn2cccn2)nc(N2CCCC2)n1. The molecule has 2 aromatic rings. The molecule has 1 amide bonds. The van der Waals surface area contributed by atoms with Crippen LogP contribution >= 0.6 is 0 Å². The van der Waals surface area contributed by atoms with Crippen molar-refractivity contribution >= 4 is 11.9 Å². The van der Waals surface area contributed by atoms with Gasteiger partial charge in [-0.1, -0.05) is 0 Å². The second-order valence-corrected chi connectivity index (χ2v) is 5.48. The van der Waals surface area contributed by atoms with Gasteiger partial charge in [-0.05, 0) is 31.9 Å². The summed E-state index contributed by atoms with van der Waals surface area (Å²) in [6.45, 7) is 4.60. The maximum absolute atomic E-state index is 11.9. The van der Waals surface area contributed by atoms with Crippen LogP contribution < -0.4 is 10.2 Å². The Balaban J connectivity index is 1.60. The molecule has 1 aliphatic rings. The van der Waals surface area contributed by atoms with Crippen LogP contribution in [-0.2, 0) is 17.9 Å². The van der Waals surface area contributed by atoms with Gasteiger partial charge >= 0.3 is 0 Å². The fourth-order valence-electron chi connectivity index (χ4n) is 2.55. The van der Waals surface area contributed by atoms with Crippen LogP contribution in [0.1, 0.15) is 24.2 Å². The molecule has 1 fully saturated rings. The number of aromatic nitrogens is 4. The predicted molar refractivity (Wildman–Crippen MR) is 82.3 cm³/mol. The molecule has 7 heteroatoms. The Kier molecular flexibility index (Phi) is 4.32. The minimum Gasteiger partial charge on any atom is -0.349 e. The van der Waals surface area contributed by atoms with E-state index in [-0.39, 0.29) is 12.5 Å². The summed E-state index contributed by atoms with van der Waals surface area (Å²) in [6, 6.07) is 3.71. The molecule has 0 spiro atoms. The van der Waals surface area contributed by atoms with Crippen molar-refractivity contribution in [2.24, 2.45) is 0 Å². The second kappa shape index (κ2) is 6.55. The molecule has 2 aromatic heterocycles. The van der Waals surface area contributed by atoms with Crippen molar-refractivity contribution < 1.29 is 4.79 Å². The van der Waals surface area contributed by atoms with Crippen LogP contribution in [0.5, 0.6) is 0 Å². The molecule has 0 aromatic carbocycles. The van der Waals surface area contributed by atoms with E-state index in [0.717, 1.165) is 30.4 Å². The van der Waals surface area contributed by atoms with Gasteiger partial charge in [0.25, 0.3) is 0 Å². The first-order chi connectivity index (χ1) is 10.7. The fraction of sp³-hybridized carbons (Fsp3) is 0.467. The van der Waals surface area contributed by atoms with Crippen molar-refractivity contribution in [2.75, 3.05) is 18.0 Å². The van der Waals surface area contributed by atoms with E-state index < -0.39 is 0 Å². The van der Waals surface area contributed by atoms with Gasteiger partial charge in [-0.25, -0.2) is 9.97 Å². The van der Waals surface area contributed by atoms with E-state index in [4.69, 9.17) is 0 Å². The second-order valence-electron chi connectivity index (χ2n) is 5.48. The number of carbonyl (C=O) groups excluding carboxylic acids is 1. The maximum Gasteiger partial charge on any atom is 0.242 e. The first-order valence-electron chi connectivity index (χ1n) is 7.54. The number of anilines is 1. The van der Waals surface area contributed by atoms with Crippen LogP contribution in [0.4, 0.5) is 5.95 Å². The van der Waals surface area contributed by atoms with Crippen LogP contribution in [0.25, 0.3) is 0 Å². The molecular weight excluding hydrogens is 280 g/mol. The third-order valence-corrected chi connectivity index (χ3v) is 3.62. The molecule has 7 nitrogen and oxygen atoms in total. The number of nitrogens with one attached hydrogen (secondary N) is 1. The van der Waals surface area contributed by atoms with Crippen molar-refractivity contribution in [1.82, 2.24) is 25.1 Å². The lowest BCUT2D eigenvalue weighted by atomic mass is 10.3. The highest BCUT2D eigenvalue weighted by Gasteiger charge is 2.16. The summed E-state index contributed by atoms with van der Waals surface area (Å²) in [5.41, 5.74) is 1.76. The third kappa shape index (κ3) is 3.60. The monoisotopic (exact) mass is 300 g/mol. The van der Waals surface area contributed by atoms with Crippen LogP contribution in [0, 0.1) is 6.92 Å². The summed E-state index contributed by atoms with van der Waals surface area (Å²) in [7, 11) is 0. The first kappa shape index (κ1) is 14.5. The molecule has 0 radical (unpaired) electrons. The summed E-state index contributed by atoms with van der Waals surface area (Å²) < 4.78 is 1.59. The Morgan fingerprint density at radius 1 is 1.32 bits per heavy atom. The third-order valence-electron chi connectivity index (χ3n) is 3.62. The van der Waals surface area contributed by atoms with Crippen LogP contribution in [0.2, 0.25) is 0 Å². The summed E-state index contributed by atoms with van der Waals surface area (Å²) in [4.78, 5) is 23.1. The normalized spacial score (nSPS) is 14.3. The molecule has 3 rings (SSSR count). The zero-order valence-corrected chi connectivity index (χ0v) is 12.7. The van der Waals surface area contributed by atoms with E-state index in [2.05, 4.69) is 25.3 Å². The van der Waals surface area contributed by atoms with Crippen molar-refractivity contribution in [1.29, 1.82) is 0 Å². The van der Waals surface area contributed by atoms with Crippen molar-refractivity contribution in [3.05, 3.63) is 35.9 Å². The topological polar surface area (TPSA) is 75.9 Å². The van der Waals surface area contributed by atoms with Crippen LogP contribution in [-0.4, -0.2) is 38.7 Å². The summed E-state index contributed by atoms with van der Waals surface area (Å²) in [6.07, 6.45) is 5.80. The molecule has 1 N–H and O–H groups in total. The molecule has 3 heterocycles. The van der Waals surface area contributed by atoms with Gasteiger partial charge in [-0.15, -0.1) is 0 Å². The number of aryl methyl sites for hydroxylation is 1. The first-order valence-corrected chi connectivity index (χ1v) is 7.54. The summed E-state index contributed by atoms with van der Waals surface area (Å²) >= 11 is 0. The Bertz CT molecular complexity index is 633. The van der Waals surface area contributed by atoms with E-state index in [1.165, 1.54) is 12.8 Å². The van der Waals surface area contributed by atoms with E-state index in [1.54, 1.807) is 23.1 Å². The van der Waals surface area contributed by atoms with Crippen molar-refractivity contribution in [3.63, 3.8) is 0 Å². The fourth-order valence-corrected chi connectivity index (χ4v) is 2.55. The minimum absolute atomic E-state index is 0.0808. The van der Waals surface area contributed by atoms with Gasteiger partial charge in [0.2, 0.25) is 11.9 Å². The van der Waals surface area contributed by atoms with E-state index in [0.29, 0.717) is 6.54 Å². The Morgan fingerprint density at radius 3 is 2.86 bits per heavy atom. The lowest BCUT2D eigenvalue weighted by molar-refractivity contribution is -0.122. The summed E-state index contributed by atoms with van der Waals surface area (Å²) in [5, 5.41) is 6.89. The van der Waals surface area contributed by atoms with Crippen molar-refractivity contribution in [2.45, 2.75) is 32.9 Å². The highest BCUT2D eigenvalue weighted by Crippen LogP contribution is 2.16. The van der Waals surface area contributed by atoms with Gasteiger partial charge < -0.3 is 10.2 Å². The molecule has 1 aliphatic heterocycles. The number of hydrogen-bond acceptors (Lipinski definition) is 5. The Hall–Kier alpha value is -2.44. The Labute approximate surface area is 129 Å². The minimum atomic E-state index is -0.0808. The van der Waals surface area contributed by atoms with Gasteiger partial charge in [-0.2, -0.15) is 5.10 Å². The molecule has 0 aliphatic carbocycles. The van der Waals surface area contributed by atoms with Gasteiger partial charge in [0.1, 0.15) is 6.54 Å². The van der Waals surface area contributed by atoms with Gasteiger partial charge in [0.05, 0.1) is 12.2 Å². The average Bonchev–Trinajstić information content (AvgIpc) is 3.18. The highest BCUT2D eigenvalue weighted by molar-refractivity contribution is 5.75. The highest BCUT2D eigenvalue weighted by atomic mass is 16.2.